The molecule has 0 aliphatic carbocycles. The van der Waals surface area contributed by atoms with E-state index in [2.05, 4.69) is 15.1 Å². The van der Waals surface area contributed by atoms with Gasteiger partial charge < -0.3 is 9.51 Å². The molecule has 33 heavy (non-hydrogen) atoms. The van der Waals surface area contributed by atoms with Crippen molar-refractivity contribution in [1.29, 1.82) is 0 Å². The van der Waals surface area contributed by atoms with E-state index in [-0.39, 0.29) is 10.7 Å². The lowest BCUT2D eigenvalue weighted by atomic mass is 9.93. The van der Waals surface area contributed by atoms with Crippen LogP contribution in [0.4, 0.5) is 0 Å². The molecular weight excluding hydrogens is 438 g/mol. The van der Waals surface area contributed by atoms with Crippen LogP contribution in [0.1, 0.15) is 15.9 Å². The third-order valence-electron chi connectivity index (χ3n) is 5.20. The van der Waals surface area contributed by atoms with Crippen LogP contribution in [0.5, 0.6) is 0 Å². The average molecular weight is 454 g/mol. The number of aromatic amines is 1. The van der Waals surface area contributed by atoms with Crippen molar-refractivity contribution < 1.29 is 9.32 Å². The Labute approximate surface area is 193 Å². The predicted octanol–water partition coefficient (Wildman–Crippen LogP) is 5.79. The maximum atomic E-state index is 13.3. The fourth-order valence-electron chi connectivity index (χ4n) is 3.70. The normalized spacial score (nSPS) is 11.3. The Hall–Kier alpha value is -4.29. The molecule has 0 fully saturated rings. The highest BCUT2D eigenvalue weighted by Gasteiger charge is 2.20. The van der Waals surface area contributed by atoms with Gasteiger partial charge in [-0.2, -0.15) is 0 Å². The Morgan fingerprint density at radius 1 is 1.00 bits per heavy atom. The second-order valence-corrected chi connectivity index (χ2v) is 7.72. The third kappa shape index (κ3) is 4.12. The molecule has 0 aliphatic rings. The number of ketones is 1. The summed E-state index contributed by atoms with van der Waals surface area (Å²) < 4.78 is 5.29. The highest BCUT2D eigenvalue weighted by molar-refractivity contribution is 6.29. The second-order valence-electron chi connectivity index (χ2n) is 7.33. The van der Waals surface area contributed by atoms with Crippen molar-refractivity contribution in [3.8, 4) is 22.5 Å². The second kappa shape index (κ2) is 8.68. The summed E-state index contributed by atoms with van der Waals surface area (Å²) in [4.78, 5) is 33.3. The number of hydrogen-bond donors (Lipinski definition) is 1. The van der Waals surface area contributed by atoms with Crippen LogP contribution in [0.3, 0.4) is 0 Å². The van der Waals surface area contributed by atoms with Crippen LogP contribution in [0.15, 0.2) is 94.5 Å². The zero-order valence-electron chi connectivity index (χ0n) is 17.2. The van der Waals surface area contributed by atoms with Gasteiger partial charge >= 0.3 is 0 Å². The number of H-pyrrole nitrogens is 1. The lowest BCUT2D eigenvalue weighted by molar-refractivity contribution is 0.104. The van der Waals surface area contributed by atoms with Crippen molar-refractivity contribution in [2.45, 2.75) is 0 Å². The molecule has 5 rings (SSSR count). The standard InChI is InChI=1S/C26H16ClN3O3/c27-23-14-22(33-30-23)17-9-10-20-19(13-17)24(18-7-4-12-28-15-18)25(26(32)29-20)21(31)11-8-16-5-2-1-3-6-16/h1-15H,(H,29,32). The first-order valence-corrected chi connectivity index (χ1v) is 10.5. The lowest BCUT2D eigenvalue weighted by Gasteiger charge is -2.12. The molecule has 5 aromatic rings. The number of carbonyl (C=O) groups excluding carboxylic acids is 1. The van der Waals surface area contributed by atoms with Crippen molar-refractivity contribution >= 4 is 34.4 Å². The number of rotatable bonds is 5. The number of allylic oxidation sites excluding steroid dienone is 1. The van der Waals surface area contributed by atoms with Gasteiger partial charge in [-0.25, -0.2) is 0 Å². The molecule has 0 aliphatic heterocycles. The van der Waals surface area contributed by atoms with Gasteiger partial charge in [0.1, 0.15) is 0 Å². The highest BCUT2D eigenvalue weighted by Crippen LogP contribution is 2.33. The van der Waals surface area contributed by atoms with E-state index in [9.17, 15) is 9.59 Å². The minimum Gasteiger partial charge on any atom is -0.355 e. The Morgan fingerprint density at radius 3 is 2.58 bits per heavy atom. The van der Waals surface area contributed by atoms with Crippen molar-refractivity contribution in [3.05, 3.63) is 112 Å². The summed E-state index contributed by atoms with van der Waals surface area (Å²) in [6.45, 7) is 0. The van der Waals surface area contributed by atoms with Gasteiger partial charge in [0.15, 0.2) is 16.7 Å². The Bertz CT molecular complexity index is 1550. The SMILES string of the molecule is O=C(C=Cc1ccccc1)c1c(-c2cccnc2)c2cc(-c3cc(Cl)no3)ccc2[nH]c1=O. The molecule has 0 radical (unpaired) electrons. The minimum atomic E-state index is -0.473. The topological polar surface area (TPSA) is 88.8 Å². The molecule has 2 aromatic carbocycles. The quantitative estimate of drug-likeness (QED) is 0.268. The zero-order valence-corrected chi connectivity index (χ0v) is 17.9. The molecule has 3 aromatic heterocycles. The Morgan fingerprint density at radius 2 is 1.85 bits per heavy atom. The number of pyridine rings is 2. The first-order valence-electron chi connectivity index (χ1n) is 10.1. The van der Waals surface area contributed by atoms with E-state index >= 15 is 0 Å². The molecule has 0 atom stereocenters. The molecule has 0 amide bonds. The lowest BCUT2D eigenvalue weighted by Crippen LogP contribution is -2.18. The van der Waals surface area contributed by atoms with Crippen molar-refractivity contribution in [1.82, 2.24) is 15.1 Å². The summed E-state index contributed by atoms with van der Waals surface area (Å²) in [6.07, 6.45) is 6.36. The minimum absolute atomic E-state index is 0.0374. The van der Waals surface area contributed by atoms with E-state index in [1.807, 2.05) is 42.5 Å². The third-order valence-corrected chi connectivity index (χ3v) is 5.38. The van der Waals surface area contributed by atoms with Gasteiger partial charge in [-0.05, 0) is 35.9 Å². The van der Waals surface area contributed by atoms with Crippen LogP contribution in [0.2, 0.25) is 5.15 Å². The molecule has 160 valence electrons. The Kier molecular flexibility index (Phi) is 5.42. The summed E-state index contributed by atoms with van der Waals surface area (Å²) in [7, 11) is 0. The van der Waals surface area contributed by atoms with E-state index in [4.69, 9.17) is 16.1 Å². The fraction of sp³-hybridized carbons (Fsp3) is 0. The van der Waals surface area contributed by atoms with Crippen LogP contribution in [0.25, 0.3) is 39.4 Å². The van der Waals surface area contributed by atoms with Crippen molar-refractivity contribution in [2.24, 2.45) is 0 Å². The number of nitrogens with zero attached hydrogens (tertiary/aromatic N) is 2. The van der Waals surface area contributed by atoms with Gasteiger partial charge in [-0.15, -0.1) is 0 Å². The fourth-order valence-corrected chi connectivity index (χ4v) is 3.83. The number of hydrogen-bond acceptors (Lipinski definition) is 5. The number of fused-ring (bicyclic) bond motifs is 1. The van der Waals surface area contributed by atoms with Crippen LogP contribution in [-0.2, 0) is 0 Å². The number of aromatic nitrogens is 3. The summed E-state index contributed by atoms with van der Waals surface area (Å²) in [6, 6.07) is 20.0. The Balaban J connectivity index is 1.74. The van der Waals surface area contributed by atoms with Crippen molar-refractivity contribution in [2.75, 3.05) is 0 Å². The molecule has 0 saturated carbocycles. The first kappa shape index (κ1) is 20.6. The largest absolute Gasteiger partial charge is 0.355 e. The molecule has 0 bridgehead atoms. The molecule has 0 saturated heterocycles. The van der Waals surface area contributed by atoms with Gasteiger partial charge in [0.05, 0.1) is 5.56 Å². The van der Waals surface area contributed by atoms with Gasteiger partial charge in [-0.1, -0.05) is 59.2 Å². The van der Waals surface area contributed by atoms with E-state index < -0.39 is 11.3 Å². The van der Waals surface area contributed by atoms with Crippen LogP contribution < -0.4 is 5.56 Å². The smallest absolute Gasteiger partial charge is 0.260 e. The number of halogens is 1. The number of nitrogens with one attached hydrogen (secondary N) is 1. The van der Waals surface area contributed by atoms with Gasteiger partial charge in [-0.3, -0.25) is 14.6 Å². The molecule has 1 N–H and O–H groups in total. The highest BCUT2D eigenvalue weighted by atomic mass is 35.5. The van der Waals surface area contributed by atoms with Crippen LogP contribution in [0, 0.1) is 0 Å². The van der Waals surface area contributed by atoms with E-state index in [0.717, 1.165) is 5.56 Å². The molecule has 0 unspecified atom stereocenters. The van der Waals surface area contributed by atoms with Crippen LogP contribution in [-0.4, -0.2) is 20.9 Å². The molecule has 0 spiro atoms. The molecular formula is C26H16ClN3O3. The average Bonchev–Trinajstić information content (AvgIpc) is 3.29. The van der Waals surface area contributed by atoms with E-state index in [0.29, 0.717) is 33.4 Å². The molecule has 3 heterocycles. The van der Waals surface area contributed by atoms with E-state index in [1.54, 1.807) is 42.7 Å². The molecule has 7 heteroatoms. The first-order chi connectivity index (χ1) is 16.1. The summed E-state index contributed by atoms with van der Waals surface area (Å²) >= 11 is 5.92. The summed E-state index contributed by atoms with van der Waals surface area (Å²) in [5.41, 5.74) is 2.86. The monoisotopic (exact) mass is 453 g/mol. The van der Waals surface area contributed by atoms with Crippen molar-refractivity contribution in [3.63, 3.8) is 0 Å². The van der Waals surface area contributed by atoms with Gasteiger partial charge in [0.25, 0.3) is 5.56 Å². The predicted molar refractivity (Wildman–Crippen MR) is 128 cm³/mol. The van der Waals surface area contributed by atoms with Gasteiger partial charge in [0, 0.05) is 46.1 Å². The zero-order chi connectivity index (χ0) is 22.8. The number of benzene rings is 2. The molecule has 6 nitrogen and oxygen atoms in total. The maximum Gasteiger partial charge on any atom is 0.260 e. The summed E-state index contributed by atoms with van der Waals surface area (Å²) in [5, 5.41) is 4.63. The van der Waals surface area contributed by atoms with Gasteiger partial charge in [0.2, 0.25) is 0 Å². The van der Waals surface area contributed by atoms with Crippen LogP contribution >= 0.6 is 11.6 Å². The maximum absolute atomic E-state index is 13.3. The van der Waals surface area contributed by atoms with E-state index in [1.165, 1.54) is 6.08 Å². The summed E-state index contributed by atoms with van der Waals surface area (Å²) in [5.74, 6) is 0.0658. The number of carbonyl (C=O) groups is 1.